The number of benzene rings is 1. The monoisotopic (exact) mass is 422 g/mol. The lowest BCUT2D eigenvalue weighted by molar-refractivity contribution is -0.137. The fraction of sp³-hybridized carbons (Fsp3) is 0.167. The molecular weight excluding hydrogens is 409 g/mol. The number of carbonyl (C=O) groups excluding carboxylic acids is 1. The summed E-state index contributed by atoms with van der Waals surface area (Å²) in [6, 6.07) is 2.79. The molecule has 0 saturated heterocycles. The van der Waals surface area contributed by atoms with Gasteiger partial charge in [-0.2, -0.15) is 13.2 Å². The molecule has 2 aromatic rings. The highest BCUT2D eigenvalue weighted by Gasteiger charge is 2.37. The Bertz CT molecular complexity index is 1020. The van der Waals surface area contributed by atoms with Crippen molar-refractivity contribution < 1.29 is 18.0 Å². The molecule has 0 radical (unpaired) electrons. The van der Waals surface area contributed by atoms with Crippen LogP contribution in [0, 0.1) is 0 Å². The van der Waals surface area contributed by atoms with Gasteiger partial charge in [0.25, 0.3) is 5.91 Å². The summed E-state index contributed by atoms with van der Waals surface area (Å²) >= 11 is 5.92. The largest absolute Gasteiger partial charge is 0.417 e. The normalized spacial score (nSPS) is 18.7. The number of aromatic nitrogens is 2. The third-order valence-corrected chi connectivity index (χ3v) is 5.03. The number of hydrogen-bond donors (Lipinski definition) is 2. The predicted octanol–water partition coefficient (Wildman–Crippen LogP) is 3.25. The van der Waals surface area contributed by atoms with E-state index in [1.54, 1.807) is 30.4 Å². The lowest BCUT2D eigenvalue weighted by atomic mass is 10.0. The molecule has 0 saturated carbocycles. The quantitative estimate of drug-likeness (QED) is 0.774. The Morgan fingerprint density at radius 1 is 1.24 bits per heavy atom. The summed E-state index contributed by atoms with van der Waals surface area (Å²) in [5.41, 5.74) is 6.72. The fourth-order valence-corrected chi connectivity index (χ4v) is 3.49. The Hall–Kier alpha value is -3.11. The minimum Gasteiger partial charge on any atom is -0.306 e. The molecule has 7 nitrogen and oxygen atoms in total. The topological polar surface area (TPSA) is 73.4 Å². The van der Waals surface area contributed by atoms with E-state index >= 15 is 0 Å². The van der Waals surface area contributed by atoms with Crippen LogP contribution >= 0.6 is 11.6 Å². The Morgan fingerprint density at radius 3 is 2.66 bits per heavy atom. The van der Waals surface area contributed by atoms with Crippen molar-refractivity contribution >= 4 is 23.2 Å². The van der Waals surface area contributed by atoms with Gasteiger partial charge in [-0.1, -0.05) is 17.7 Å². The van der Waals surface area contributed by atoms with Crippen LogP contribution in [-0.4, -0.2) is 26.8 Å². The molecule has 1 aromatic heterocycles. The zero-order valence-corrected chi connectivity index (χ0v) is 15.7. The van der Waals surface area contributed by atoms with Crippen molar-refractivity contribution in [2.24, 2.45) is 0 Å². The first-order chi connectivity index (χ1) is 13.8. The number of halogens is 4. The van der Waals surface area contributed by atoms with Crippen molar-refractivity contribution in [3.05, 3.63) is 76.7 Å². The van der Waals surface area contributed by atoms with Crippen LogP contribution in [-0.2, 0) is 6.18 Å². The molecule has 29 heavy (non-hydrogen) atoms. The van der Waals surface area contributed by atoms with Crippen LogP contribution in [0.25, 0.3) is 0 Å². The number of carbonyl (C=O) groups is 1. The molecule has 2 N–H and O–H groups in total. The van der Waals surface area contributed by atoms with Crippen LogP contribution in [0.2, 0.25) is 5.02 Å². The first-order valence-corrected chi connectivity index (χ1v) is 8.84. The number of rotatable bonds is 2. The van der Waals surface area contributed by atoms with Crippen molar-refractivity contribution in [2.45, 2.75) is 19.1 Å². The molecule has 1 amide bonds. The van der Waals surface area contributed by atoms with Crippen molar-refractivity contribution in [3.8, 4) is 0 Å². The summed E-state index contributed by atoms with van der Waals surface area (Å²) in [7, 11) is 0. The number of alkyl halides is 3. The molecule has 1 unspecified atom stereocenters. The third-order valence-electron chi connectivity index (χ3n) is 4.62. The summed E-state index contributed by atoms with van der Waals surface area (Å²) in [6.07, 6.45) is 3.14. The Morgan fingerprint density at radius 2 is 1.97 bits per heavy atom. The first kappa shape index (κ1) is 19.2. The number of anilines is 1. The fourth-order valence-electron chi connectivity index (χ4n) is 3.17. The summed E-state index contributed by atoms with van der Waals surface area (Å²) in [4.78, 5) is 22.2. The molecule has 2 aliphatic heterocycles. The molecule has 0 spiro atoms. The van der Waals surface area contributed by atoms with E-state index in [0.717, 1.165) is 17.8 Å². The third kappa shape index (κ3) is 3.30. The van der Waals surface area contributed by atoms with Crippen molar-refractivity contribution in [3.63, 3.8) is 0 Å². The van der Waals surface area contributed by atoms with Gasteiger partial charge in [-0.25, -0.2) is 9.97 Å². The van der Waals surface area contributed by atoms with Crippen LogP contribution in [0.3, 0.4) is 0 Å². The minimum absolute atomic E-state index is 0.221. The van der Waals surface area contributed by atoms with Crippen LogP contribution < -0.4 is 16.0 Å². The Labute approximate surface area is 168 Å². The Balaban J connectivity index is 1.63. The van der Waals surface area contributed by atoms with Crippen LogP contribution in [0.1, 0.15) is 22.8 Å². The van der Waals surface area contributed by atoms with Crippen LogP contribution in [0.5, 0.6) is 0 Å². The van der Waals surface area contributed by atoms with Gasteiger partial charge in [0.05, 0.1) is 51.7 Å². The highest BCUT2D eigenvalue weighted by atomic mass is 35.5. The van der Waals surface area contributed by atoms with E-state index in [4.69, 9.17) is 11.6 Å². The van der Waals surface area contributed by atoms with E-state index in [1.807, 2.05) is 0 Å². The summed E-state index contributed by atoms with van der Waals surface area (Å²) in [5, 5.41) is 1.08. The average Bonchev–Trinajstić information content (AvgIpc) is 3.13. The SMILES string of the molecule is CC1C2=C(C=CN1C(=O)c1cccc(C(F)(F)F)c1Cl)N(c1cncnc1)NN2. The number of hydrazine groups is 2. The molecule has 4 rings (SSSR count). The maximum absolute atomic E-state index is 13.1. The highest BCUT2D eigenvalue weighted by molar-refractivity contribution is 6.34. The average molecular weight is 423 g/mol. The maximum atomic E-state index is 13.1. The molecule has 1 aromatic carbocycles. The minimum atomic E-state index is -4.65. The van der Waals surface area contributed by atoms with E-state index < -0.39 is 28.7 Å². The van der Waals surface area contributed by atoms with Gasteiger partial charge < -0.3 is 10.3 Å². The first-order valence-electron chi connectivity index (χ1n) is 8.46. The van der Waals surface area contributed by atoms with Gasteiger partial charge in [-0.15, -0.1) is 5.53 Å². The van der Waals surface area contributed by atoms with Gasteiger partial charge >= 0.3 is 6.18 Å². The molecule has 3 heterocycles. The lowest BCUT2D eigenvalue weighted by Crippen LogP contribution is -2.42. The van der Waals surface area contributed by atoms with Crippen molar-refractivity contribution in [1.82, 2.24) is 25.8 Å². The number of nitrogens with one attached hydrogen (secondary N) is 2. The van der Waals surface area contributed by atoms with Gasteiger partial charge in [0.15, 0.2) is 0 Å². The van der Waals surface area contributed by atoms with E-state index in [9.17, 15) is 18.0 Å². The zero-order chi connectivity index (χ0) is 20.8. The summed E-state index contributed by atoms with van der Waals surface area (Å²) < 4.78 is 39.4. The molecule has 0 fully saturated rings. The van der Waals surface area contributed by atoms with Gasteiger partial charge in [-0.05, 0) is 25.1 Å². The highest BCUT2D eigenvalue weighted by Crippen LogP contribution is 2.37. The summed E-state index contributed by atoms with van der Waals surface area (Å²) in [5.74, 6) is -0.639. The number of hydrogen-bond acceptors (Lipinski definition) is 6. The van der Waals surface area contributed by atoms with E-state index in [-0.39, 0.29) is 5.56 Å². The molecular formula is C18H14ClF3N6O. The number of allylic oxidation sites excluding steroid dienone is 1. The van der Waals surface area contributed by atoms with Gasteiger partial charge in [0, 0.05) is 6.20 Å². The molecule has 1 atom stereocenters. The van der Waals surface area contributed by atoms with Crippen LogP contribution in [0.4, 0.5) is 18.9 Å². The van der Waals surface area contributed by atoms with Gasteiger partial charge in [0.2, 0.25) is 0 Å². The second-order valence-electron chi connectivity index (χ2n) is 6.34. The number of amides is 1. The molecule has 150 valence electrons. The molecule has 2 aliphatic rings. The zero-order valence-electron chi connectivity index (χ0n) is 14.9. The van der Waals surface area contributed by atoms with Crippen molar-refractivity contribution in [1.29, 1.82) is 0 Å². The predicted molar refractivity (Wildman–Crippen MR) is 99.0 cm³/mol. The second-order valence-corrected chi connectivity index (χ2v) is 6.71. The molecule has 0 aliphatic carbocycles. The van der Waals surface area contributed by atoms with Crippen LogP contribution in [0.15, 0.2) is 60.6 Å². The van der Waals surface area contributed by atoms with Crippen molar-refractivity contribution in [2.75, 3.05) is 5.01 Å². The van der Waals surface area contributed by atoms with Gasteiger partial charge in [0.1, 0.15) is 6.33 Å². The smallest absolute Gasteiger partial charge is 0.306 e. The maximum Gasteiger partial charge on any atom is 0.417 e. The van der Waals surface area contributed by atoms with E-state index in [2.05, 4.69) is 20.9 Å². The van der Waals surface area contributed by atoms with Gasteiger partial charge in [-0.3, -0.25) is 9.80 Å². The summed E-state index contributed by atoms with van der Waals surface area (Å²) in [6.45, 7) is 1.75. The Kier molecular flexibility index (Phi) is 4.67. The van der Waals surface area contributed by atoms with E-state index in [1.165, 1.54) is 23.5 Å². The second kappa shape index (κ2) is 7.05. The van der Waals surface area contributed by atoms with E-state index in [0.29, 0.717) is 11.4 Å². The standard InChI is InChI=1S/C18H14ClF3N6O/c1-10-16-14(28(26-25-16)11-7-23-9-24-8-11)5-6-27(10)17(29)12-3-2-4-13(15(12)19)18(20,21)22/h2-10,25-26H,1H3. The number of nitrogens with zero attached hydrogens (tertiary/aromatic N) is 4. The lowest BCUT2D eigenvalue weighted by Gasteiger charge is -2.30. The molecule has 11 heteroatoms. The molecule has 0 bridgehead atoms.